The highest BCUT2D eigenvalue weighted by molar-refractivity contribution is 7.09. The fourth-order valence-corrected chi connectivity index (χ4v) is 1.26. The Bertz CT molecular complexity index is 198. The second-order valence-electron chi connectivity index (χ2n) is 1.95. The maximum atomic E-state index is 10.1. The van der Waals surface area contributed by atoms with Gasteiger partial charge in [0.05, 0.1) is 6.54 Å². The normalized spacial score (nSPS) is 9.30. The molecule has 1 aromatic rings. The molecule has 0 N–H and O–H groups in total. The summed E-state index contributed by atoms with van der Waals surface area (Å²) in [4.78, 5) is 15.7. The Hall–Kier alpha value is -0.900. The molecular formula is C6H8N2OS. The lowest BCUT2D eigenvalue weighted by molar-refractivity contribution is -0.117. The molecule has 54 valence electrons. The largest absolute Gasteiger partial charge is 0.342 e. The molecule has 0 fully saturated rings. The lowest BCUT2D eigenvalue weighted by Crippen LogP contribution is -2.14. The van der Waals surface area contributed by atoms with Gasteiger partial charge in [0.1, 0.15) is 5.01 Å². The van der Waals surface area contributed by atoms with Crippen molar-refractivity contribution >= 4 is 17.7 Å². The van der Waals surface area contributed by atoms with E-state index in [9.17, 15) is 4.79 Å². The molecule has 0 saturated heterocycles. The van der Waals surface area contributed by atoms with Crippen molar-refractivity contribution < 1.29 is 4.79 Å². The summed E-state index contributed by atoms with van der Waals surface area (Å²) >= 11 is 1.55. The van der Waals surface area contributed by atoms with Crippen molar-refractivity contribution in [3.05, 3.63) is 16.6 Å². The van der Waals surface area contributed by atoms with Crippen molar-refractivity contribution in [2.45, 2.75) is 6.54 Å². The third-order valence-electron chi connectivity index (χ3n) is 1.05. The molecule has 1 heterocycles. The van der Waals surface area contributed by atoms with E-state index in [1.807, 2.05) is 5.38 Å². The molecule has 4 heteroatoms. The predicted molar refractivity (Wildman–Crippen MR) is 39.6 cm³/mol. The van der Waals surface area contributed by atoms with Crippen molar-refractivity contribution in [1.29, 1.82) is 0 Å². The summed E-state index contributed by atoms with van der Waals surface area (Å²) in [6.45, 7) is 0.612. The summed E-state index contributed by atoms with van der Waals surface area (Å²) in [5.41, 5.74) is 0. The van der Waals surface area contributed by atoms with E-state index in [0.29, 0.717) is 6.54 Å². The Morgan fingerprint density at radius 2 is 2.70 bits per heavy atom. The molecule has 0 aliphatic heterocycles. The molecule has 1 aromatic heterocycles. The van der Waals surface area contributed by atoms with Crippen LogP contribution in [0.4, 0.5) is 0 Å². The number of aromatic nitrogens is 1. The third-order valence-corrected chi connectivity index (χ3v) is 1.81. The molecule has 0 aliphatic rings. The summed E-state index contributed by atoms with van der Waals surface area (Å²) in [5.74, 6) is 0. The number of amides is 1. The maximum absolute atomic E-state index is 10.1. The van der Waals surface area contributed by atoms with E-state index in [2.05, 4.69) is 4.98 Å². The van der Waals surface area contributed by atoms with Gasteiger partial charge in [0.25, 0.3) is 0 Å². The van der Waals surface area contributed by atoms with Crippen LogP contribution in [0.2, 0.25) is 0 Å². The minimum Gasteiger partial charge on any atom is -0.342 e. The van der Waals surface area contributed by atoms with Gasteiger partial charge in [-0.3, -0.25) is 4.79 Å². The van der Waals surface area contributed by atoms with Crippen LogP contribution in [0.25, 0.3) is 0 Å². The number of hydrogen-bond donors (Lipinski definition) is 0. The van der Waals surface area contributed by atoms with Gasteiger partial charge in [0.2, 0.25) is 6.41 Å². The zero-order valence-electron chi connectivity index (χ0n) is 5.65. The van der Waals surface area contributed by atoms with Crippen LogP contribution < -0.4 is 0 Å². The first-order valence-electron chi connectivity index (χ1n) is 2.87. The monoisotopic (exact) mass is 156 g/mol. The minimum absolute atomic E-state index is 0.612. The lowest BCUT2D eigenvalue weighted by atomic mass is 10.6. The Balaban J connectivity index is 2.47. The van der Waals surface area contributed by atoms with Crippen LogP contribution >= 0.6 is 11.3 Å². The summed E-state index contributed by atoms with van der Waals surface area (Å²) in [7, 11) is 1.73. The summed E-state index contributed by atoms with van der Waals surface area (Å²) in [5, 5.41) is 2.86. The quantitative estimate of drug-likeness (QED) is 0.604. The summed E-state index contributed by atoms with van der Waals surface area (Å²) in [6.07, 6.45) is 2.53. The first-order chi connectivity index (χ1) is 4.83. The Kier molecular flexibility index (Phi) is 2.39. The molecule has 0 bridgehead atoms. The highest BCUT2D eigenvalue weighted by Gasteiger charge is 1.97. The van der Waals surface area contributed by atoms with E-state index in [-0.39, 0.29) is 0 Å². The zero-order chi connectivity index (χ0) is 7.40. The average Bonchev–Trinajstić information content (AvgIpc) is 2.40. The Labute approximate surface area is 63.3 Å². The minimum atomic E-state index is 0.612. The van der Waals surface area contributed by atoms with Crippen molar-refractivity contribution in [2.24, 2.45) is 0 Å². The van der Waals surface area contributed by atoms with Gasteiger partial charge < -0.3 is 4.90 Å². The number of nitrogens with zero attached hydrogens (tertiary/aromatic N) is 2. The standard InChI is InChI=1S/C6H8N2OS/c1-8(5-9)4-6-7-2-3-10-6/h2-3,5H,4H2,1H3. The molecule has 0 saturated carbocycles. The van der Waals surface area contributed by atoms with Crippen LogP contribution in [0.3, 0.4) is 0 Å². The van der Waals surface area contributed by atoms with Crippen LogP contribution in [0, 0.1) is 0 Å². The van der Waals surface area contributed by atoms with Crippen LogP contribution in [0.15, 0.2) is 11.6 Å². The highest BCUT2D eigenvalue weighted by atomic mass is 32.1. The molecule has 3 nitrogen and oxygen atoms in total. The molecule has 1 rings (SSSR count). The van der Waals surface area contributed by atoms with Crippen LogP contribution in [-0.2, 0) is 11.3 Å². The second kappa shape index (κ2) is 3.31. The molecule has 1 amide bonds. The predicted octanol–water partition coefficient (Wildman–Crippen LogP) is 0.731. The molecule has 0 unspecified atom stereocenters. The van der Waals surface area contributed by atoms with Gasteiger partial charge in [-0.15, -0.1) is 11.3 Å². The number of carbonyl (C=O) groups is 1. The summed E-state index contributed by atoms with van der Waals surface area (Å²) < 4.78 is 0. The van der Waals surface area contributed by atoms with E-state index in [4.69, 9.17) is 0 Å². The van der Waals surface area contributed by atoms with E-state index in [1.165, 1.54) is 0 Å². The smallest absolute Gasteiger partial charge is 0.209 e. The van der Waals surface area contributed by atoms with E-state index >= 15 is 0 Å². The van der Waals surface area contributed by atoms with Crippen molar-refractivity contribution in [3.63, 3.8) is 0 Å². The van der Waals surface area contributed by atoms with Crippen LogP contribution in [-0.4, -0.2) is 23.3 Å². The first kappa shape index (κ1) is 7.21. The van der Waals surface area contributed by atoms with E-state index in [1.54, 1.807) is 29.5 Å². The second-order valence-corrected chi connectivity index (χ2v) is 2.93. The SMILES string of the molecule is CN(C=O)Cc1nccs1. The van der Waals surface area contributed by atoms with Crippen molar-refractivity contribution in [3.8, 4) is 0 Å². The number of carbonyl (C=O) groups excluding carboxylic acids is 1. The molecule has 0 atom stereocenters. The molecule has 0 aliphatic carbocycles. The molecule has 0 radical (unpaired) electrons. The van der Waals surface area contributed by atoms with Gasteiger partial charge in [-0.1, -0.05) is 0 Å². The first-order valence-corrected chi connectivity index (χ1v) is 3.75. The lowest BCUT2D eigenvalue weighted by Gasteiger charge is -2.05. The summed E-state index contributed by atoms with van der Waals surface area (Å²) in [6, 6.07) is 0. The van der Waals surface area contributed by atoms with Crippen molar-refractivity contribution in [2.75, 3.05) is 7.05 Å². The van der Waals surface area contributed by atoms with Gasteiger partial charge in [-0.05, 0) is 0 Å². The fraction of sp³-hybridized carbons (Fsp3) is 0.333. The number of thiazole rings is 1. The Morgan fingerprint density at radius 1 is 1.90 bits per heavy atom. The highest BCUT2D eigenvalue weighted by Crippen LogP contribution is 2.04. The van der Waals surface area contributed by atoms with Gasteiger partial charge in [0, 0.05) is 18.6 Å². The molecule has 0 spiro atoms. The van der Waals surface area contributed by atoms with Gasteiger partial charge in [-0.25, -0.2) is 4.98 Å². The topological polar surface area (TPSA) is 33.2 Å². The van der Waals surface area contributed by atoms with Gasteiger partial charge in [-0.2, -0.15) is 0 Å². The molecule has 0 aromatic carbocycles. The van der Waals surface area contributed by atoms with Gasteiger partial charge in [0.15, 0.2) is 0 Å². The number of rotatable bonds is 3. The third kappa shape index (κ3) is 1.80. The number of hydrogen-bond acceptors (Lipinski definition) is 3. The molecular weight excluding hydrogens is 148 g/mol. The zero-order valence-corrected chi connectivity index (χ0v) is 6.47. The van der Waals surface area contributed by atoms with E-state index < -0.39 is 0 Å². The van der Waals surface area contributed by atoms with E-state index in [0.717, 1.165) is 11.4 Å². The fourth-order valence-electron chi connectivity index (χ4n) is 0.582. The average molecular weight is 156 g/mol. The van der Waals surface area contributed by atoms with Gasteiger partial charge >= 0.3 is 0 Å². The maximum Gasteiger partial charge on any atom is 0.209 e. The Morgan fingerprint density at radius 3 is 3.20 bits per heavy atom. The van der Waals surface area contributed by atoms with Crippen LogP contribution in [0.1, 0.15) is 5.01 Å². The van der Waals surface area contributed by atoms with Crippen LogP contribution in [0.5, 0.6) is 0 Å². The van der Waals surface area contributed by atoms with Crippen molar-refractivity contribution in [1.82, 2.24) is 9.88 Å². The molecule has 10 heavy (non-hydrogen) atoms.